The molecular formula is C16H27N5O. The summed E-state index contributed by atoms with van der Waals surface area (Å²) < 4.78 is 2.12. The summed E-state index contributed by atoms with van der Waals surface area (Å²) in [5.74, 6) is 1.01. The van der Waals surface area contributed by atoms with Gasteiger partial charge in [0.05, 0.1) is 6.54 Å². The summed E-state index contributed by atoms with van der Waals surface area (Å²) in [6, 6.07) is 4.03. The first-order chi connectivity index (χ1) is 10.8. The number of rotatable bonds is 7. The number of hydrogen-bond donors (Lipinski definition) is 2. The van der Waals surface area contributed by atoms with E-state index in [1.54, 1.807) is 0 Å². The molecule has 0 spiro atoms. The predicted molar refractivity (Wildman–Crippen MR) is 88.8 cm³/mol. The van der Waals surface area contributed by atoms with Crippen molar-refractivity contribution < 1.29 is 4.79 Å². The average molecular weight is 305 g/mol. The van der Waals surface area contributed by atoms with E-state index in [9.17, 15) is 4.79 Å². The summed E-state index contributed by atoms with van der Waals surface area (Å²) in [5.41, 5.74) is 0. The van der Waals surface area contributed by atoms with Gasteiger partial charge in [-0.1, -0.05) is 0 Å². The second kappa shape index (κ2) is 9.12. The lowest BCUT2D eigenvalue weighted by atomic mass is 10.4. The Morgan fingerprint density at radius 1 is 1.18 bits per heavy atom. The highest BCUT2D eigenvalue weighted by molar-refractivity contribution is 5.80. The van der Waals surface area contributed by atoms with Gasteiger partial charge < -0.3 is 20.1 Å². The summed E-state index contributed by atoms with van der Waals surface area (Å²) in [7, 11) is 0. The lowest BCUT2D eigenvalue weighted by Gasteiger charge is -2.15. The lowest BCUT2D eigenvalue weighted by molar-refractivity contribution is -0.129. The van der Waals surface area contributed by atoms with Crippen LogP contribution in [0.2, 0.25) is 0 Å². The molecule has 0 atom stereocenters. The predicted octanol–water partition coefficient (Wildman–Crippen LogP) is 1.06. The summed E-state index contributed by atoms with van der Waals surface area (Å²) in [5, 5.41) is 6.51. The Morgan fingerprint density at radius 2 is 1.91 bits per heavy atom. The second-order valence-electron chi connectivity index (χ2n) is 5.45. The Balaban J connectivity index is 1.70. The number of aliphatic imine (C=N–C) groups is 1. The topological polar surface area (TPSA) is 61.7 Å². The molecule has 0 bridgehead atoms. The molecule has 2 heterocycles. The van der Waals surface area contributed by atoms with Gasteiger partial charge in [0.1, 0.15) is 0 Å². The van der Waals surface area contributed by atoms with Crippen molar-refractivity contribution in [3.8, 4) is 0 Å². The first kappa shape index (κ1) is 16.4. The number of nitrogens with zero attached hydrogens (tertiary/aromatic N) is 3. The molecule has 1 aliphatic rings. The van der Waals surface area contributed by atoms with Gasteiger partial charge >= 0.3 is 0 Å². The van der Waals surface area contributed by atoms with Crippen molar-refractivity contribution >= 4 is 11.9 Å². The van der Waals surface area contributed by atoms with Crippen LogP contribution in [0.25, 0.3) is 0 Å². The van der Waals surface area contributed by atoms with Crippen LogP contribution in [0.5, 0.6) is 0 Å². The summed E-state index contributed by atoms with van der Waals surface area (Å²) in [6.45, 7) is 6.92. The number of nitrogens with one attached hydrogen (secondary N) is 2. The number of likely N-dealkylation sites (tertiary alicyclic amines) is 1. The third-order valence-corrected chi connectivity index (χ3v) is 3.73. The van der Waals surface area contributed by atoms with Crippen LogP contribution in [0.4, 0.5) is 0 Å². The fraction of sp³-hybridized carbons (Fsp3) is 0.625. The molecule has 1 amide bonds. The molecule has 6 heteroatoms. The number of guanidine groups is 1. The van der Waals surface area contributed by atoms with E-state index in [2.05, 4.69) is 20.2 Å². The molecule has 6 nitrogen and oxygen atoms in total. The molecule has 1 aromatic rings. The van der Waals surface area contributed by atoms with Crippen molar-refractivity contribution in [3.63, 3.8) is 0 Å². The summed E-state index contributed by atoms with van der Waals surface area (Å²) >= 11 is 0. The van der Waals surface area contributed by atoms with Crippen LogP contribution in [0.3, 0.4) is 0 Å². The molecule has 1 aromatic heterocycles. The Bertz CT molecular complexity index is 463. The van der Waals surface area contributed by atoms with E-state index < -0.39 is 0 Å². The number of carbonyl (C=O) groups is 1. The normalized spacial score (nSPS) is 15.1. The number of amides is 1. The first-order valence-electron chi connectivity index (χ1n) is 8.20. The third-order valence-electron chi connectivity index (χ3n) is 3.73. The van der Waals surface area contributed by atoms with Crippen LogP contribution in [0.1, 0.15) is 26.2 Å². The Labute approximate surface area is 132 Å². The SMILES string of the molecule is CCNC(=NCCC(=O)N1CCCC1)NCCn1cccc1. The van der Waals surface area contributed by atoms with Crippen molar-refractivity contribution in [1.82, 2.24) is 20.1 Å². The van der Waals surface area contributed by atoms with E-state index in [0.29, 0.717) is 13.0 Å². The van der Waals surface area contributed by atoms with Gasteiger partial charge in [0.2, 0.25) is 5.91 Å². The monoisotopic (exact) mass is 305 g/mol. The van der Waals surface area contributed by atoms with Gasteiger partial charge in [-0.05, 0) is 31.9 Å². The van der Waals surface area contributed by atoms with Gasteiger partial charge in [0, 0.05) is 51.5 Å². The van der Waals surface area contributed by atoms with Gasteiger partial charge in [-0.15, -0.1) is 0 Å². The lowest BCUT2D eigenvalue weighted by Crippen LogP contribution is -2.39. The van der Waals surface area contributed by atoms with Crippen LogP contribution < -0.4 is 10.6 Å². The molecule has 22 heavy (non-hydrogen) atoms. The fourth-order valence-corrected chi connectivity index (χ4v) is 2.55. The molecule has 2 rings (SSSR count). The molecule has 1 fully saturated rings. The maximum absolute atomic E-state index is 12.0. The van der Waals surface area contributed by atoms with Crippen LogP contribution in [-0.4, -0.2) is 54.1 Å². The van der Waals surface area contributed by atoms with Crippen molar-refractivity contribution in [3.05, 3.63) is 24.5 Å². The molecule has 0 aromatic carbocycles. The van der Waals surface area contributed by atoms with Crippen LogP contribution >= 0.6 is 0 Å². The van der Waals surface area contributed by atoms with Crippen molar-refractivity contribution in [2.75, 3.05) is 32.7 Å². The maximum atomic E-state index is 12.0. The van der Waals surface area contributed by atoms with E-state index >= 15 is 0 Å². The van der Waals surface area contributed by atoms with Crippen LogP contribution in [0.15, 0.2) is 29.5 Å². The quantitative estimate of drug-likeness (QED) is 0.585. The smallest absolute Gasteiger partial charge is 0.224 e. The van der Waals surface area contributed by atoms with Gasteiger partial charge in [-0.3, -0.25) is 9.79 Å². The van der Waals surface area contributed by atoms with E-state index in [0.717, 1.165) is 51.5 Å². The van der Waals surface area contributed by atoms with E-state index in [1.165, 1.54) is 0 Å². The standard InChI is InChI=1S/C16H27N5O/c1-2-17-16(19-9-14-20-10-3-4-11-20)18-8-7-15(22)21-12-5-6-13-21/h3-4,10-11H,2,5-9,12-14H2,1H3,(H2,17,18,19). The first-order valence-corrected chi connectivity index (χ1v) is 8.20. The molecule has 0 radical (unpaired) electrons. The van der Waals surface area contributed by atoms with Crippen molar-refractivity contribution in [2.24, 2.45) is 4.99 Å². The Kier molecular flexibility index (Phi) is 6.80. The highest BCUT2D eigenvalue weighted by Crippen LogP contribution is 2.08. The van der Waals surface area contributed by atoms with Gasteiger partial charge in [-0.25, -0.2) is 0 Å². The van der Waals surface area contributed by atoms with Gasteiger partial charge in [-0.2, -0.15) is 0 Å². The molecule has 1 saturated heterocycles. The van der Waals surface area contributed by atoms with E-state index in [-0.39, 0.29) is 5.91 Å². The summed E-state index contributed by atoms with van der Waals surface area (Å²) in [4.78, 5) is 18.4. The molecule has 2 N–H and O–H groups in total. The number of carbonyl (C=O) groups excluding carboxylic acids is 1. The van der Waals surface area contributed by atoms with E-state index in [1.807, 2.05) is 36.4 Å². The summed E-state index contributed by atoms with van der Waals surface area (Å²) in [6.07, 6.45) is 6.85. The van der Waals surface area contributed by atoms with Gasteiger partial charge in [0.25, 0.3) is 0 Å². The second-order valence-corrected chi connectivity index (χ2v) is 5.45. The largest absolute Gasteiger partial charge is 0.357 e. The Morgan fingerprint density at radius 3 is 2.59 bits per heavy atom. The highest BCUT2D eigenvalue weighted by Gasteiger charge is 2.16. The van der Waals surface area contributed by atoms with E-state index in [4.69, 9.17) is 0 Å². The van der Waals surface area contributed by atoms with Crippen molar-refractivity contribution in [1.29, 1.82) is 0 Å². The highest BCUT2D eigenvalue weighted by atomic mass is 16.2. The molecule has 0 aliphatic carbocycles. The molecule has 0 saturated carbocycles. The minimum Gasteiger partial charge on any atom is -0.357 e. The van der Waals surface area contributed by atoms with Crippen LogP contribution in [-0.2, 0) is 11.3 Å². The number of hydrogen-bond acceptors (Lipinski definition) is 2. The molecule has 1 aliphatic heterocycles. The zero-order valence-corrected chi connectivity index (χ0v) is 13.4. The molecule has 122 valence electrons. The van der Waals surface area contributed by atoms with Crippen molar-refractivity contribution in [2.45, 2.75) is 32.7 Å². The minimum atomic E-state index is 0.226. The molecular weight excluding hydrogens is 278 g/mol. The maximum Gasteiger partial charge on any atom is 0.224 e. The molecule has 0 unspecified atom stereocenters. The van der Waals surface area contributed by atoms with Gasteiger partial charge in [0.15, 0.2) is 5.96 Å². The average Bonchev–Trinajstić information content (AvgIpc) is 3.20. The zero-order valence-electron chi connectivity index (χ0n) is 13.4. The fourth-order valence-electron chi connectivity index (χ4n) is 2.55. The third kappa shape index (κ3) is 5.42. The Hall–Kier alpha value is -1.98. The number of aromatic nitrogens is 1. The zero-order chi connectivity index (χ0) is 15.6. The minimum absolute atomic E-state index is 0.226. The van der Waals surface area contributed by atoms with Crippen LogP contribution in [0, 0.1) is 0 Å².